The van der Waals surface area contributed by atoms with Crippen molar-refractivity contribution < 1.29 is 14.3 Å². The van der Waals surface area contributed by atoms with Crippen LogP contribution in [0.15, 0.2) is 36.4 Å². The topological polar surface area (TPSA) is 67.8 Å². The van der Waals surface area contributed by atoms with Gasteiger partial charge in [-0.3, -0.25) is 4.79 Å². The maximum absolute atomic E-state index is 12.7. The molecule has 1 aromatic carbocycles. The van der Waals surface area contributed by atoms with Crippen molar-refractivity contribution >= 4 is 11.7 Å². The highest BCUT2D eigenvalue weighted by atomic mass is 16.5. The zero-order chi connectivity index (χ0) is 20.1. The van der Waals surface area contributed by atoms with E-state index in [0.29, 0.717) is 24.5 Å². The first-order valence-electron chi connectivity index (χ1n) is 10.4. The van der Waals surface area contributed by atoms with Gasteiger partial charge in [-0.15, -0.1) is 10.2 Å². The molecule has 154 valence electrons. The summed E-state index contributed by atoms with van der Waals surface area (Å²) in [6, 6.07) is 11.1. The van der Waals surface area contributed by atoms with Gasteiger partial charge in [0, 0.05) is 37.8 Å². The number of carbonyl (C=O) groups is 1. The first-order chi connectivity index (χ1) is 14.2. The highest BCUT2D eigenvalue weighted by molar-refractivity contribution is 5.94. The summed E-state index contributed by atoms with van der Waals surface area (Å²) < 4.78 is 11.1. The molecule has 0 bridgehead atoms. The molecule has 1 saturated carbocycles. The van der Waals surface area contributed by atoms with Crippen LogP contribution in [-0.2, 0) is 0 Å². The van der Waals surface area contributed by atoms with Crippen LogP contribution in [0, 0.1) is 0 Å². The Hall–Kier alpha value is -2.83. The monoisotopic (exact) mass is 396 g/mol. The quantitative estimate of drug-likeness (QED) is 0.773. The number of rotatable bonds is 5. The van der Waals surface area contributed by atoms with Gasteiger partial charge in [0.1, 0.15) is 11.9 Å². The number of carbonyl (C=O) groups excluding carboxylic acids is 1. The molecule has 0 spiro atoms. The SMILES string of the molecule is COc1ccc(C(=O)N2CCN(c3ccc(OC4CCCCC4)nn3)CC2)cc1. The molecule has 1 aromatic heterocycles. The minimum atomic E-state index is 0.0506. The first kappa shape index (κ1) is 19.5. The van der Waals surface area contributed by atoms with Gasteiger partial charge in [-0.2, -0.15) is 0 Å². The van der Waals surface area contributed by atoms with Crippen LogP contribution in [0.2, 0.25) is 0 Å². The van der Waals surface area contributed by atoms with E-state index < -0.39 is 0 Å². The number of anilines is 1. The van der Waals surface area contributed by atoms with Crippen molar-refractivity contribution in [1.29, 1.82) is 0 Å². The number of aromatic nitrogens is 2. The fraction of sp³-hybridized carbons (Fsp3) is 0.500. The van der Waals surface area contributed by atoms with E-state index in [4.69, 9.17) is 9.47 Å². The Kier molecular flexibility index (Phi) is 6.12. The molecule has 2 aromatic rings. The third-order valence-electron chi connectivity index (χ3n) is 5.69. The van der Waals surface area contributed by atoms with Crippen LogP contribution in [0.1, 0.15) is 42.5 Å². The molecule has 1 amide bonds. The van der Waals surface area contributed by atoms with Crippen LogP contribution in [-0.4, -0.2) is 60.4 Å². The van der Waals surface area contributed by atoms with Gasteiger partial charge in [-0.25, -0.2) is 0 Å². The maximum Gasteiger partial charge on any atom is 0.253 e. The molecule has 29 heavy (non-hydrogen) atoms. The van der Waals surface area contributed by atoms with E-state index in [9.17, 15) is 4.79 Å². The lowest BCUT2D eigenvalue weighted by Crippen LogP contribution is -2.49. The van der Waals surface area contributed by atoms with E-state index in [-0.39, 0.29) is 12.0 Å². The van der Waals surface area contributed by atoms with E-state index in [1.807, 2.05) is 41.3 Å². The summed E-state index contributed by atoms with van der Waals surface area (Å²) in [5.41, 5.74) is 0.684. The van der Waals surface area contributed by atoms with E-state index in [2.05, 4.69) is 15.1 Å². The molecule has 2 aliphatic rings. The van der Waals surface area contributed by atoms with Crippen molar-refractivity contribution in [3.05, 3.63) is 42.0 Å². The van der Waals surface area contributed by atoms with Crippen LogP contribution >= 0.6 is 0 Å². The van der Waals surface area contributed by atoms with Crippen molar-refractivity contribution in [2.45, 2.75) is 38.2 Å². The van der Waals surface area contributed by atoms with Crippen LogP contribution < -0.4 is 14.4 Å². The van der Waals surface area contributed by atoms with Gasteiger partial charge < -0.3 is 19.3 Å². The number of methoxy groups -OCH3 is 1. The van der Waals surface area contributed by atoms with Crippen molar-refractivity contribution in [3.63, 3.8) is 0 Å². The molecule has 0 radical (unpaired) electrons. The van der Waals surface area contributed by atoms with Crippen LogP contribution in [0.25, 0.3) is 0 Å². The molecule has 1 aliphatic heterocycles. The van der Waals surface area contributed by atoms with E-state index in [1.54, 1.807) is 7.11 Å². The second-order valence-corrected chi connectivity index (χ2v) is 7.62. The Labute approximate surface area is 171 Å². The van der Waals surface area contributed by atoms with Crippen LogP contribution in [0.3, 0.4) is 0 Å². The van der Waals surface area contributed by atoms with Gasteiger partial charge in [0.05, 0.1) is 7.11 Å². The van der Waals surface area contributed by atoms with Gasteiger partial charge >= 0.3 is 0 Å². The summed E-state index contributed by atoms with van der Waals surface area (Å²) in [4.78, 5) is 16.7. The standard InChI is InChI=1S/C22H28N4O3/c1-28-18-9-7-17(8-10-18)22(27)26-15-13-25(14-16-26)20-11-12-21(24-23-20)29-19-5-3-2-4-6-19/h7-12,19H,2-6,13-16H2,1H3. The Bertz CT molecular complexity index is 796. The van der Waals surface area contributed by atoms with Crippen LogP contribution in [0.4, 0.5) is 5.82 Å². The predicted octanol–water partition coefficient (Wildman–Crippen LogP) is 3.16. The average Bonchev–Trinajstić information content (AvgIpc) is 2.80. The first-order valence-corrected chi connectivity index (χ1v) is 10.4. The fourth-order valence-electron chi connectivity index (χ4n) is 3.95. The lowest BCUT2D eigenvalue weighted by Gasteiger charge is -2.35. The molecular formula is C22H28N4O3. The van der Waals surface area contributed by atoms with Crippen molar-refractivity contribution in [2.75, 3.05) is 38.2 Å². The molecule has 0 N–H and O–H groups in total. The second-order valence-electron chi connectivity index (χ2n) is 7.62. The summed E-state index contributed by atoms with van der Waals surface area (Å²) in [5.74, 6) is 2.24. The molecule has 1 saturated heterocycles. The number of nitrogens with zero attached hydrogens (tertiary/aromatic N) is 4. The van der Waals surface area contributed by atoms with E-state index in [0.717, 1.165) is 37.5 Å². The number of benzene rings is 1. The lowest BCUT2D eigenvalue weighted by molar-refractivity contribution is 0.0746. The minimum absolute atomic E-state index is 0.0506. The van der Waals surface area contributed by atoms with Gasteiger partial charge in [0.15, 0.2) is 5.82 Å². The molecule has 7 heteroatoms. The van der Waals surface area contributed by atoms with Gasteiger partial charge in [0.25, 0.3) is 5.91 Å². The Morgan fingerprint density at radius 2 is 1.66 bits per heavy atom. The highest BCUT2D eigenvalue weighted by Crippen LogP contribution is 2.23. The molecule has 1 aliphatic carbocycles. The number of ether oxygens (including phenoxy) is 2. The number of amides is 1. The third-order valence-corrected chi connectivity index (χ3v) is 5.69. The average molecular weight is 396 g/mol. The summed E-state index contributed by atoms with van der Waals surface area (Å²) in [6.45, 7) is 2.79. The summed E-state index contributed by atoms with van der Waals surface area (Å²) in [5, 5.41) is 8.61. The molecule has 7 nitrogen and oxygen atoms in total. The molecule has 4 rings (SSSR count). The zero-order valence-electron chi connectivity index (χ0n) is 16.9. The molecule has 0 atom stereocenters. The zero-order valence-corrected chi connectivity index (χ0v) is 16.9. The van der Waals surface area contributed by atoms with Crippen molar-refractivity contribution in [3.8, 4) is 11.6 Å². The third kappa shape index (κ3) is 4.78. The van der Waals surface area contributed by atoms with E-state index >= 15 is 0 Å². The highest BCUT2D eigenvalue weighted by Gasteiger charge is 2.23. The van der Waals surface area contributed by atoms with Crippen molar-refractivity contribution in [2.24, 2.45) is 0 Å². The summed E-state index contributed by atoms with van der Waals surface area (Å²) >= 11 is 0. The van der Waals surface area contributed by atoms with E-state index in [1.165, 1.54) is 19.3 Å². The van der Waals surface area contributed by atoms with Gasteiger partial charge in [-0.05, 0) is 56.0 Å². The summed E-state index contributed by atoms with van der Waals surface area (Å²) in [7, 11) is 1.62. The fourth-order valence-corrected chi connectivity index (χ4v) is 3.95. The smallest absolute Gasteiger partial charge is 0.253 e. The number of hydrogen-bond donors (Lipinski definition) is 0. The molecule has 2 heterocycles. The van der Waals surface area contributed by atoms with Gasteiger partial charge in [0.2, 0.25) is 5.88 Å². The number of piperazine rings is 1. The van der Waals surface area contributed by atoms with Crippen LogP contribution in [0.5, 0.6) is 11.6 Å². The lowest BCUT2D eigenvalue weighted by atomic mass is 9.98. The van der Waals surface area contributed by atoms with Gasteiger partial charge in [-0.1, -0.05) is 6.42 Å². The molecular weight excluding hydrogens is 368 g/mol. The molecule has 2 fully saturated rings. The Morgan fingerprint density at radius 3 is 2.28 bits per heavy atom. The van der Waals surface area contributed by atoms with Crippen molar-refractivity contribution in [1.82, 2.24) is 15.1 Å². The second kappa shape index (κ2) is 9.11. The largest absolute Gasteiger partial charge is 0.497 e. The Balaban J connectivity index is 1.30. The minimum Gasteiger partial charge on any atom is -0.497 e. The number of hydrogen-bond acceptors (Lipinski definition) is 6. The molecule has 0 unspecified atom stereocenters. The Morgan fingerprint density at radius 1 is 0.931 bits per heavy atom. The summed E-state index contributed by atoms with van der Waals surface area (Å²) in [6.07, 6.45) is 6.25. The predicted molar refractivity (Wildman–Crippen MR) is 111 cm³/mol. The maximum atomic E-state index is 12.7. The normalized spacial score (nSPS) is 17.8.